The van der Waals surface area contributed by atoms with Gasteiger partial charge in [0.05, 0.1) is 6.10 Å². The second kappa shape index (κ2) is 8.64. The van der Waals surface area contributed by atoms with Gasteiger partial charge in [0.25, 0.3) is 0 Å². The summed E-state index contributed by atoms with van der Waals surface area (Å²) in [6.45, 7) is 5.47. The third-order valence-electron chi connectivity index (χ3n) is 3.11. The quantitative estimate of drug-likeness (QED) is 0.343. The highest BCUT2D eigenvalue weighted by atomic mass is 33.1. The molecule has 0 aromatic heterocycles. The highest BCUT2D eigenvalue weighted by Crippen LogP contribution is 2.30. The van der Waals surface area contributed by atoms with Crippen molar-refractivity contribution in [1.29, 1.82) is 0 Å². The molecule has 104 valence electrons. The standard InChI is InChI=1S/C12H28N2OS2/c1-4-6-14(2)7-5-8-15-12-9-11(10-12)13-17(3)16/h11-13,16-17H,4-10H2,1-3H3/t11-,12-. The summed E-state index contributed by atoms with van der Waals surface area (Å²) in [5.74, 6) is 0. The molecule has 0 aromatic carbocycles. The maximum Gasteiger partial charge on any atom is 0.0605 e. The van der Waals surface area contributed by atoms with E-state index in [2.05, 4.69) is 41.5 Å². The monoisotopic (exact) mass is 280 g/mol. The van der Waals surface area contributed by atoms with E-state index in [0.717, 1.165) is 32.4 Å². The molecule has 5 heteroatoms. The van der Waals surface area contributed by atoms with Gasteiger partial charge in [-0.1, -0.05) is 6.92 Å². The smallest absolute Gasteiger partial charge is 0.0605 e. The molecule has 1 unspecified atom stereocenters. The Morgan fingerprint density at radius 2 is 2.12 bits per heavy atom. The summed E-state index contributed by atoms with van der Waals surface area (Å²) in [6.07, 6.45) is 7.34. The first-order valence-corrected chi connectivity index (χ1v) is 9.55. The van der Waals surface area contributed by atoms with Crippen LogP contribution in [0.1, 0.15) is 32.6 Å². The van der Waals surface area contributed by atoms with Gasteiger partial charge in [0.15, 0.2) is 0 Å². The number of ether oxygens (including phenoxy) is 1. The fraction of sp³-hybridized carbons (Fsp3) is 1.00. The molecule has 0 bridgehead atoms. The van der Waals surface area contributed by atoms with Gasteiger partial charge in [-0.05, 0) is 45.5 Å². The van der Waals surface area contributed by atoms with E-state index >= 15 is 0 Å². The van der Waals surface area contributed by atoms with Gasteiger partial charge >= 0.3 is 0 Å². The molecule has 0 radical (unpaired) electrons. The molecule has 0 aliphatic heterocycles. The molecule has 1 saturated carbocycles. The Labute approximate surface area is 114 Å². The Bertz CT molecular complexity index is 199. The first-order valence-electron chi connectivity index (χ1n) is 6.60. The van der Waals surface area contributed by atoms with Crippen molar-refractivity contribution >= 4 is 21.8 Å². The first-order chi connectivity index (χ1) is 8.11. The summed E-state index contributed by atoms with van der Waals surface area (Å²) in [6, 6.07) is 0.649. The maximum atomic E-state index is 5.83. The highest BCUT2D eigenvalue weighted by molar-refractivity contribution is 8.77. The van der Waals surface area contributed by atoms with Gasteiger partial charge in [0.2, 0.25) is 0 Å². The van der Waals surface area contributed by atoms with Crippen molar-refractivity contribution in [2.75, 3.05) is 33.0 Å². The van der Waals surface area contributed by atoms with E-state index in [1.54, 1.807) is 0 Å². The number of hydrogen-bond donors (Lipinski definition) is 3. The van der Waals surface area contributed by atoms with Crippen LogP contribution in [0.4, 0.5) is 0 Å². The van der Waals surface area contributed by atoms with Crippen molar-refractivity contribution in [2.45, 2.75) is 44.8 Å². The van der Waals surface area contributed by atoms with Crippen LogP contribution in [-0.4, -0.2) is 50.0 Å². The molecular weight excluding hydrogens is 252 g/mol. The molecule has 1 fully saturated rings. The number of hydrogen-bond acceptors (Lipinski definition) is 4. The van der Waals surface area contributed by atoms with Gasteiger partial charge in [0.1, 0.15) is 0 Å². The third-order valence-corrected chi connectivity index (χ3v) is 4.19. The molecule has 17 heavy (non-hydrogen) atoms. The normalized spacial score (nSPS) is 27.0. The van der Waals surface area contributed by atoms with E-state index in [-0.39, 0.29) is 10.1 Å². The van der Waals surface area contributed by atoms with Crippen molar-refractivity contribution < 1.29 is 4.74 Å². The molecule has 1 aliphatic carbocycles. The van der Waals surface area contributed by atoms with Crippen LogP contribution in [0.3, 0.4) is 0 Å². The van der Waals surface area contributed by atoms with E-state index < -0.39 is 0 Å². The lowest BCUT2D eigenvalue weighted by atomic mass is 9.90. The van der Waals surface area contributed by atoms with Gasteiger partial charge in [0, 0.05) is 19.2 Å². The van der Waals surface area contributed by atoms with Crippen LogP contribution >= 0.6 is 21.8 Å². The van der Waals surface area contributed by atoms with Crippen molar-refractivity contribution in [3.63, 3.8) is 0 Å². The fourth-order valence-corrected chi connectivity index (χ4v) is 3.38. The second-order valence-corrected chi connectivity index (χ2v) is 8.08. The Balaban J connectivity index is 1.89. The van der Waals surface area contributed by atoms with E-state index in [4.69, 9.17) is 4.74 Å². The lowest BCUT2D eigenvalue weighted by Gasteiger charge is -2.37. The maximum absolute atomic E-state index is 5.83. The molecule has 0 amide bonds. The molecule has 1 rings (SSSR count). The summed E-state index contributed by atoms with van der Waals surface area (Å²) in [4.78, 5) is 2.37. The molecule has 0 aromatic rings. The van der Waals surface area contributed by atoms with E-state index in [1.165, 1.54) is 13.0 Å². The SMILES string of the molecule is CCCN(C)CCCO[C@H]1C[C@H](N[SH](C)S)C1. The minimum Gasteiger partial charge on any atom is -0.378 e. The molecule has 0 saturated heterocycles. The average molecular weight is 281 g/mol. The number of nitrogens with one attached hydrogen (secondary N) is 1. The molecule has 1 N–H and O–H groups in total. The summed E-state index contributed by atoms with van der Waals surface area (Å²) >= 11 is 4.39. The molecule has 0 spiro atoms. The largest absolute Gasteiger partial charge is 0.378 e. The van der Waals surface area contributed by atoms with Crippen LogP contribution in [0.25, 0.3) is 0 Å². The molecule has 0 heterocycles. The van der Waals surface area contributed by atoms with Crippen LogP contribution in [-0.2, 0) is 4.74 Å². The molecule has 1 atom stereocenters. The zero-order valence-corrected chi connectivity index (χ0v) is 13.1. The zero-order chi connectivity index (χ0) is 12.7. The predicted octanol–water partition coefficient (Wildman–Crippen LogP) is 2.25. The second-order valence-electron chi connectivity index (χ2n) is 4.97. The van der Waals surface area contributed by atoms with Crippen molar-refractivity contribution in [2.24, 2.45) is 0 Å². The summed E-state index contributed by atoms with van der Waals surface area (Å²) in [7, 11) is 1.92. The van der Waals surface area contributed by atoms with Crippen LogP contribution in [0.5, 0.6) is 0 Å². The minimum atomic E-state index is -0.260. The molecule has 1 aliphatic rings. The van der Waals surface area contributed by atoms with E-state index in [0.29, 0.717) is 12.1 Å². The minimum absolute atomic E-state index is 0.260. The van der Waals surface area contributed by atoms with Crippen LogP contribution in [0, 0.1) is 0 Å². The van der Waals surface area contributed by atoms with Crippen molar-refractivity contribution in [3.8, 4) is 0 Å². The average Bonchev–Trinajstić information content (AvgIpc) is 2.19. The van der Waals surface area contributed by atoms with Gasteiger partial charge in [-0.25, -0.2) is 0 Å². The number of thiol groups is 2. The van der Waals surface area contributed by atoms with E-state index in [9.17, 15) is 0 Å². The highest BCUT2D eigenvalue weighted by Gasteiger charge is 2.29. The van der Waals surface area contributed by atoms with Crippen LogP contribution < -0.4 is 4.72 Å². The van der Waals surface area contributed by atoms with Crippen LogP contribution in [0.15, 0.2) is 0 Å². The Kier molecular flexibility index (Phi) is 7.95. The molecule has 3 nitrogen and oxygen atoms in total. The summed E-state index contributed by atoms with van der Waals surface area (Å²) < 4.78 is 9.31. The van der Waals surface area contributed by atoms with E-state index in [1.807, 2.05) is 0 Å². The Morgan fingerprint density at radius 1 is 1.41 bits per heavy atom. The number of rotatable bonds is 9. The van der Waals surface area contributed by atoms with Crippen molar-refractivity contribution in [1.82, 2.24) is 9.62 Å². The van der Waals surface area contributed by atoms with Gasteiger partial charge in [-0.3, -0.25) is 4.72 Å². The number of nitrogens with zero attached hydrogens (tertiary/aromatic N) is 1. The topological polar surface area (TPSA) is 24.5 Å². The van der Waals surface area contributed by atoms with Gasteiger partial charge < -0.3 is 9.64 Å². The van der Waals surface area contributed by atoms with Crippen molar-refractivity contribution in [3.05, 3.63) is 0 Å². The summed E-state index contributed by atoms with van der Waals surface area (Å²) in [5.41, 5.74) is 0. The third kappa shape index (κ3) is 6.91. The zero-order valence-electron chi connectivity index (χ0n) is 11.4. The lowest BCUT2D eigenvalue weighted by Crippen LogP contribution is -2.43. The predicted molar refractivity (Wildman–Crippen MR) is 82.2 cm³/mol. The van der Waals surface area contributed by atoms with Crippen LogP contribution in [0.2, 0.25) is 0 Å². The first kappa shape index (κ1) is 15.6. The molecular formula is C12H28N2OS2. The Hall–Kier alpha value is 0.580. The fourth-order valence-electron chi connectivity index (χ4n) is 2.15. The lowest BCUT2D eigenvalue weighted by molar-refractivity contribution is -0.0139. The summed E-state index contributed by atoms with van der Waals surface area (Å²) in [5, 5.41) is 0. The Morgan fingerprint density at radius 3 is 2.71 bits per heavy atom. The van der Waals surface area contributed by atoms with Gasteiger partial charge in [-0.15, -0.1) is 11.7 Å². The van der Waals surface area contributed by atoms with Gasteiger partial charge in [-0.2, -0.15) is 10.1 Å².